The lowest BCUT2D eigenvalue weighted by atomic mass is 9.89. The summed E-state index contributed by atoms with van der Waals surface area (Å²) in [7, 11) is 1.72. The summed E-state index contributed by atoms with van der Waals surface area (Å²) in [5.74, 6) is 1.42. The summed E-state index contributed by atoms with van der Waals surface area (Å²) in [6.07, 6.45) is 7.90. The van der Waals surface area contributed by atoms with E-state index in [0.29, 0.717) is 12.5 Å². The number of para-hydroxylation sites is 2. The Morgan fingerprint density at radius 3 is 2.68 bits per heavy atom. The molecule has 196 valence electrons. The topological polar surface area (TPSA) is 63.8 Å². The summed E-state index contributed by atoms with van der Waals surface area (Å²) >= 11 is 6.13. The normalized spacial score (nSPS) is 17.6. The number of fused-ring (bicyclic) bond motifs is 1. The fourth-order valence-electron chi connectivity index (χ4n) is 5.49. The maximum atomic E-state index is 12.4. The Morgan fingerprint density at radius 1 is 1.11 bits per heavy atom. The van der Waals surface area contributed by atoms with Crippen molar-refractivity contribution in [3.63, 3.8) is 0 Å². The first-order valence-corrected chi connectivity index (χ1v) is 13.6. The smallest absolute Gasteiger partial charge is 0.245 e. The molecular formula is C29H36ClN5O2. The van der Waals surface area contributed by atoms with E-state index in [0.717, 1.165) is 80.6 Å². The summed E-state index contributed by atoms with van der Waals surface area (Å²) < 4.78 is 5.51. The number of amides is 1. The van der Waals surface area contributed by atoms with Crippen LogP contribution in [0.2, 0.25) is 5.02 Å². The number of rotatable bonds is 8. The van der Waals surface area contributed by atoms with Crippen molar-refractivity contribution in [3.8, 4) is 5.75 Å². The molecule has 0 aliphatic carbocycles. The molecule has 2 N–H and O–H groups in total. The van der Waals surface area contributed by atoms with Gasteiger partial charge in [-0.2, -0.15) is 0 Å². The third kappa shape index (κ3) is 6.22. The van der Waals surface area contributed by atoms with Gasteiger partial charge in [-0.3, -0.25) is 9.69 Å². The van der Waals surface area contributed by atoms with Crippen LogP contribution in [0.15, 0.2) is 60.9 Å². The number of piperazine rings is 1. The lowest BCUT2D eigenvalue weighted by Crippen LogP contribution is -2.48. The van der Waals surface area contributed by atoms with Crippen LogP contribution in [-0.2, 0) is 4.79 Å². The van der Waals surface area contributed by atoms with Crippen molar-refractivity contribution in [1.82, 2.24) is 20.1 Å². The van der Waals surface area contributed by atoms with E-state index < -0.39 is 0 Å². The minimum absolute atomic E-state index is 0.0247. The fraction of sp³-hybridized carbons (Fsp3) is 0.414. The monoisotopic (exact) mass is 521 g/mol. The van der Waals surface area contributed by atoms with Gasteiger partial charge in [0.2, 0.25) is 5.91 Å². The number of carbonyl (C=O) groups excluding carboxylic acids is 1. The molecule has 5 rings (SSSR count). The summed E-state index contributed by atoms with van der Waals surface area (Å²) in [5.41, 5.74) is 3.62. The Balaban J connectivity index is 1.01. The van der Waals surface area contributed by atoms with Gasteiger partial charge in [-0.05, 0) is 48.6 Å². The van der Waals surface area contributed by atoms with Gasteiger partial charge in [0, 0.05) is 86.8 Å². The zero-order valence-corrected chi connectivity index (χ0v) is 22.2. The minimum Gasteiger partial charge on any atom is -0.495 e. The van der Waals surface area contributed by atoms with E-state index in [1.165, 1.54) is 10.9 Å². The average molecular weight is 522 g/mol. The molecule has 1 aromatic heterocycles. The number of nitrogens with zero attached hydrogens (tertiary/aromatic N) is 3. The summed E-state index contributed by atoms with van der Waals surface area (Å²) in [4.78, 5) is 22.8. The van der Waals surface area contributed by atoms with Gasteiger partial charge < -0.3 is 24.8 Å². The number of hydrogen-bond donors (Lipinski definition) is 2. The molecule has 0 unspecified atom stereocenters. The van der Waals surface area contributed by atoms with Crippen LogP contribution in [0.5, 0.6) is 5.75 Å². The van der Waals surface area contributed by atoms with Crippen LogP contribution in [0.1, 0.15) is 24.3 Å². The zero-order valence-electron chi connectivity index (χ0n) is 21.5. The van der Waals surface area contributed by atoms with Gasteiger partial charge in [-0.25, -0.2) is 0 Å². The highest BCUT2D eigenvalue weighted by Gasteiger charge is 2.22. The van der Waals surface area contributed by atoms with E-state index in [4.69, 9.17) is 16.3 Å². The highest BCUT2D eigenvalue weighted by molar-refractivity contribution is 6.31. The molecule has 0 atom stereocenters. The Hall–Kier alpha value is -3.16. The first-order chi connectivity index (χ1) is 18.1. The number of likely N-dealkylation sites (tertiary alicyclic amines) is 1. The minimum atomic E-state index is -0.0247. The standard InChI is InChI=1S/C29H36ClN5O2/c1-37-28-5-3-2-4-27(28)35-18-16-34(17-19-35)15-11-31-29(36)10-14-33-12-8-22(9-13-33)25-21-32-26-20-23(30)6-7-24(25)26/h2-7,10,14,20-22,32H,8-9,11-13,15-19H2,1H3,(H,31,36)/b14-10+. The summed E-state index contributed by atoms with van der Waals surface area (Å²) in [5, 5.41) is 5.06. The van der Waals surface area contributed by atoms with Crippen molar-refractivity contribution in [2.45, 2.75) is 18.8 Å². The van der Waals surface area contributed by atoms with Crippen LogP contribution in [-0.4, -0.2) is 80.2 Å². The van der Waals surface area contributed by atoms with Crippen LogP contribution >= 0.6 is 11.6 Å². The molecule has 0 radical (unpaired) electrons. The number of benzene rings is 2. The molecule has 8 heteroatoms. The number of methoxy groups -OCH3 is 1. The number of H-pyrrole nitrogens is 1. The fourth-order valence-corrected chi connectivity index (χ4v) is 5.66. The van der Waals surface area contributed by atoms with Crippen molar-refractivity contribution in [2.24, 2.45) is 0 Å². The second-order valence-electron chi connectivity index (χ2n) is 9.85. The molecule has 3 aromatic rings. The molecule has 3 heterocycles. The number of hydrogen-bond acceptors (Lipinski definition) is 5. The van der Waals surface area contributed by atoms with Crippen LogP contribution in [0, 0.1) is 0 Å². The average Bonchev–Trinajstić information content (AvgIpc) is 3.35. The summed E-state index contributed by atoms with van der Waals surface area (Å²) in [6, 6.07) is 14.2. The Bertz CT molecular complexity index is 1230. The number of piperidine rings is 1. The molecule has 0 saturated carbocycles. The Kier molecular flexibility index (Phi) is 8.21. The van der Waals surface area contributed by atoms with Crippen LogP contribution < -0.4 is 15.0 Å². The van der Waals surface area contributed by atoms with Gasteiger partial charge in [-0.1, -0.05) is 29.8 Å². The molecule has 2 aliphatic rings. The number of aromatic amines is 1. The molecule has 2 aliphatic heterocycles. The van der Waals surface area contributed by atoms with Crippen molar-refractivity contribution < 1.29 is 9.53 Å². The lowest BCUT2D eigenvalue weighted by molar-refractivity contribution is -0.116. The largest absolute Gasteiger partial charge is 0.495 e. The van der Waals surface area contributed by atoms with E-state index >= 15 is 0 Å². The SMILES string of the molecule is COc1ccccc1N1CCN(CCNC(=O)/C=C/N2CCC(c3c[nH]c4cc(Cl)ccc34)CC2)CC1. The molecule has 0 spiro atoms. The van der Waals surface area contributed by atoms with E-state index in [-0.39, 0.29) is 5.91 Å². The molecule has 37 heavy (non-hydrogen) atoms. The van der Waals surface area contributed by atoms with Gasteiger partial charge in [0.05, 0.1) is 12.8 Å². The van der Waals surface area contributed by atoms with Crippen LogP contribution in [0.4, 0.5) is 5.69 Å². The van der Waals surface area contributed by atoms with E-state index in [9.17, 15) is 4.79 Å². The first kappa shape index (κ1) is 25.5. The number of aromatic nitrogens is 1. The maximum absolute atomic E-state index is 12.4. The molecular weight excluding hydrogens is 486 g/mol. The van der Waals surface area contributed by atoms with Crippen LogP contribution in [0.25, 0.3) is 10.9 Å². The predicted molar refractivity (Wildman–Crippen MR) is 151 cm³/mol. The van der Waals surface area contributed by atoms with E-state index in [1.807, 2.05) is 30.5 Å². The van der Waals surface area contributed by atoms with E-state index in [1.54, 1.807) is 13.2 Å². The van der Waals surface area contributed by atoms with E-state index in [2.05, 4.69) is 49.4 Å². The number of ether oxygens (including phenoxy) is 1. The number of halogens is 1. The Morgan fingerprint density at radius 2 is 1.89 bits per heavy atom. The predicted octanol–water partition coefficient (Wildman–Crippen LogP) is 4.46. The van der Waals surface area contributed by atoms with Crippen molar-refractivity contribution in [3.05, 3.63) is 71.5 Å². The Labute approximate surface area is 224 Å². The number of nitrogens with one attached hydrogen (secondary N) is 2. The molecule has 2 saturated heterocycles. The van der Waals surface area contributed by atoms with Gasteiger partial charge in [0.15, 0.2) is 0 Å². The third-order valence-electron chi connectivity index (χ3n) is 7.61. The highest BCUT2D eigenvalue weighted by Crippen LogP contribution is 2.34. The molecule has 0 bridgehead atoms. The van der Waals surface area contributed by atoms with Gasteiger partial charge >= 0.3 is 0 Å². The number of anilines is 1. The van der Waals surface area contributed by atoms with Gasteiger partial charge in [0.1, 0.15) is 5.75 Å². The lowest BCUT2D eigenvalue weighted by Gasteiger charge is -2.36. The molecule has 7 nitrogen and oxygen atoms in total. The van der Waals surface area contributed by atoms with Crippen molar-refractivity contribution >= 4 is 34.1 Å². The molecule has 1 amide bonds. The summed E-state index contributed by atoms with van der Waals surface area (Å²) in [6.45, 7) is 7.28. The second-order valence-corrected chi connectivity index (χ2v) is 10.3. The van der Waals surface area contributed by atoms with Crippen molar-refractivity contribution in [1.29, 1.82) is 0 Å². The maximum Gasteiger partial charge on any atom is 0.245 e. The van der Waals surface area contributed by atoms with Crippen LogP contribution in [0.3, 0.4) is 0 Å². The quantitative estimate of drug-likeness (QED) is 0.428. The second kappa shape index (κ2) is 11.9. The highest BCUT2D eigenvalue weighted by atomic mass is 35.5. The first-order valence-electron chi connectivity index (χ1n) is 13.2. The third-order valence-corrected chi connectivity index (χ3v) is 7.84. The zero-order chi connectivity index (χ0) is 25.6. The van der Waals surface area contributed by atoms with Crippen molar-refractivity contribution in [2.75, 3.05) is 64.4 Å². The van der Waals surface area contributed by atoms with Gasteiger partial charge in [-0.15, -0.1) is 0 Å². The molecule has 2 fully saturated rings. The van der Waals surface area contributed by atoms with Gasteiger partial charge in [0.25, 0.3) is 0 Å². The number of carbonyl (C=O) groups is 1. The molecule has 2 aromatic carbocycles.